The predicted octanol–water partition coefficient (Wildman–Crippen LogP) is 0.892. The van der Waals surface area contributed by atoms with Gasteiger partial charge in [0.1, 0.15) is 11.7 Å². The number of hydrogen-bond acceptors (Lipinski definition) is 3. The number of hydrogen-bond donors (Lipinski definition) is 1. The van der Waals surface area contributed by atoms with Crippen LogP contribution in [0.4, 0.5) is 0 Å². The first-order valence-electron chi connectivity index (χ1n) is 4.09. The molecular formula is C9H9ClN2O3. The topological polar surface area (TPSA) is 70.5 Å². The van der Waals surface area contributed by atoms with Crippen LogP contribution in [0.25, 0.3) is 0 Å². The maximum Gasteiger partial charge on any atom is 0.323 e. The lowest BCUT2D eigenvalue weighted by Crippen LogP contribution is -2.31. The Labute approximate surface area is 91.3 Å². The number of rotatable bonds is 3. The Morgan fingerprint density at radius 2 is 2.20 bits per heavy atom. The molecule has 0 radical (unpaired) electrons. The fraction of sp³-hybridized carbons (Fsp3) is 0.222. The molecule has 1 N–H and O–H groups in total. The molecule has 15 heavy (non-hydrogen) atoms. The first kappa shape index (κ1) is 11.5. The van der Waals surface area contributed by atoms with E-state index in [2.05, 4.69) is 4.98 Å². The molecule has 0 aliphatic heterocycles. The highest BCUT2D eigenvalue weighted by Crippen LogP contribution is 2.07. The second-order valence-electron chi connectivity index (χ2n) is 2.92. The number of halogens is 1. The van der Waals surface area contributed by atoms with Gasteiger partial charge in [0, 0.05) is 13.2 Å². The van der Waals surface area contributed by atoms with Gasteiger partial charge in [0.2, 0.25) is 0 Å². The van der Waals surface area contributed by atoms with E-state index in [1.165, 1.54) is 25.4 Å². The zero-order chi connectivity index (χ0) is 11.4. The van der Waals surface area contributed by atoms with Crippen LogP contribution in [-0.4, -0.2) is 40.5 Å². The van der Waals surface area contributed by atoms with Crippen molar-refractivity contribution >= 4 is 23.5 Å². The molecule has 5 nitrogen and oxygen atoms in total. The number of amides is 1. The third-order valence-corrected chi connectivity index (χ3v) is 1.92. The van der Waals surface area contributed by atoms with Gasteiger partial charge in [0.25, 0.3) is 5.91 Å². The molecule has 1 heterocycles. The second kappa shape index (κ2) is 4.75. The summed E-state index contributed by atoms with van der Waals surface area (Å²) in [7, 11) is 1.41. The Morgan fingerprint density at radius 3 is 2.67 bits per heavy atom. The normalized spacial score (nSPS) is 9.73. The van der Waals surface area contributed by atoms with Gasteiger partial charge in [-0.1, -0.05) is 11.6 Å². The minimum Gasteiger partial charge on any atom is -0.480 e. The van der Waals surface area contributed by atoms with Gasteiger partial charge in [-0.2, -0.15) is 0 Å². The van der Waals surface area contributed by atoms with E-state index in [9.17, 15) is 9.59 Å². The van der Waals surface area contributed by atoms with Crippen LogP contribution in [0.1, 0.15) is 10.4 Å². The summed E-state index contributed by atoms with van der Waals surface area (Å²) in [4.78, 5) is 26.8. The highest BCUT2D eigenvalue weighted by atomic mass is 35.5. The van der Waals surface area contributed by atoms with Gasteiger partial charge in [-0.05, 0) is 12.1 Å². The molecule has 0 saturated heterocycles. The average Bonchev–Trinajstić information content (AvgIpc) is 2.17. The maximum atomic E-state index is 11.6. The number of pyridine rings is 1. The van der Waals surface area contributed by atoms with Crippen LogP contribution in [0.5, 0.6) is 0 Å². The molecule has 6 heteroatoms. The van der Waals surface area contributed by atoms with E-state index >= 15 is 0 Å². The van der Waals surface area contributed by atoms with Crippen LogP contribution < -0.4 is 0 Å². The van der Waals surface area contributed by atoms with Crippen molar-refractivity contribution in [2.45, 2.75) is 0 Å². The molecule has 1 aromatic heterocycles. The van der Waals surface area contributed by atoms with E-state index in [1.54, 1.807) is 0 Å². The fourth-order valence-electron chi connectivity index (χ4n) is 0.997. The quantitative estimate of drug-likeness (QED) is 0.780. The number of aliphatic carboxylic acids is 1. The molecule has 1 rings (SSSR count). The van der Waals surface area contributed by atoms with Crippen molar-refractivity contribution in [3.63, 3.8) is 0 Å². The van der Waals surface area contributed by atoms with Crippen LogP contribution in [0, 0.1) is 0 Å². The number of carboxylic acid groups (broad SMARTS) is 1. The van der Waals surface area contributed by atoms with E-state index in [0.29, 0.717) is 5.56 Å². The SMILES string of the molecule is CN(CC(=O)O)C(=O)c1ccc(Cl)nc1. The van der Waals surface area contributed by atoms with Crippen molar-refractivity contribution in [3.05, 3.63) is 29.0 Å². The summed E-state index contributed by atoms with van der Waals surface area (Å²) in [5.41, 5.74) is 0.308. The van der Waals surface area contributed by atoms with Crippen LogP contribution in [0.2, 0.25) is 5.15 Å². The molecule has 0 fully saturated rings. The van der Waals surface area contributed by atoms with Gasteiger partial charge in [-0.15, -0.1) is 0 Å². The molecule has 1 aromatic rings. The van der Waals surface area contributed by atoms with E-state index in [4.69, 9.17) is 16.7 Å². The first-order valence-corrected chi connectivity index (χ1v) is 4.47. The van der Waals surface area contributed by atoms with Crippen molar-refractivity contribution in [2.75, 3.05) is 13.6 Å². The number of carbonyl (C=O) groups excluding carboxylic acids is 1. The number of carbonyl (C=O) groups is 2. The summed E-state index contributed by atoms with van der Waals surface area (Å²) in [5.74, 6) is -1.46. The number of likely N-dealkylation sites (N-methyl/N-ethyl adjacent to an activating group) is 1. The van der Waals surface area contributed by atoms with E-state index < -0.39 is 11.9 Å². The third-order valence-electron chi connectivity index (χ3n) is 1.69. The Balaban J connectivity index is 2.76. The van der Waals surface area contributed by atoms with Crippen LogP contribution in [-0.2, 0) is 4.79 Å². The van der Waals surface area contributed by atoms with E-state index in [-0.39, 0.29) is 11.7 Å². The molecule has 0 spiro atoms. The molecule has 0 atom stereocenters. The van der Waals surface area contributed by atoms with Crippen molar-refractivity contribution < 1.29 is 14.7 Å². The summed E-state index contributed by atoms with van der Waals surface area (Å²) in [5, 5.41) is 8.78. The largest absolute Gasteiger partial charge is 0.480 e. The monoisotopic (exact) mass is 228 g/mol. The molecular weight excluding hydrogens is 220 g/mol. The minimum absolute atomic E-state index is 0.285. The zero-order valence-corrected chi connectivity index (χ0v) is 8.73. The highest BCUT2D eigenvalue weighted by molar-refractivity contribution is 6.29. The predicted molar refractivity (Wildman–Crippen MR) is 53.8 cm³/mol. The van der Waals surface area contributed by atoms with Gasteiger partial charge < -0.3 is 10.0 Å². The molecule has 0 bridgehead atoms. The summed E-state index contributed by atoms with van der Waals surface area (Å²) >= 11 is 5.55. The zero-order valence-electron chi connectivity index (χ0n) is 7.98. The van der Waals surface area contributed by atoms with Crippen molar-refractivity contribution in [1.29, 1.82) is 0 Å². The highest BCUT2D eigenvalue weighted by Gasteiger charge is 2.14. The van der Waals surface area contributed by atoms with E-state index in [1.807, 2.05) is 0 Å². The first-order chi connectivity index (χ1) is 7.00. The summed E-state index contributed by atoms with van der Waals surface area (Å²) in [6, 6.07) is 2.97. The number of carboxylic acids is 1. The Hall–Kier alpha value is -1.62. The van der Waals surface area contributed by atoms with Crippen molar-refractivity contribution in [1.82, 2.24) is 9.88 Å². The molecule has 0 aliphatic carbocycles. The molecule has 1 amide bonds. The molecule has 80 valence electrons. The van der Waals surface area contributed by atoms with Crippen LogP contribution in [0.15, 0.2) is 18.3 Å². The Kier molecular flexibility index (Phi) is 3.62. The lowest BCUT2D eigenvalue weighted by Gasteiger charge is -2.13. The van der Waals surface area contributed by atoms with Crippen LogP contribution >= 0.6 is 11.6 Å². The van der Waals surface area contributed by atoms with Gasteiger partial charge in [-0.3, -0.25) is 9.59 Å². The molecule has 0 aromatic carbocycles. The Morgan fingerprint density at radius 1 is 1.53 bits per heavy atom. The number of nitrogens with zero attached hydrogens (tertiary/aromatic N) is 2. The summed E-state index contributed by atoms with van der Waals surface area (Å²) < 4.78 is 0. The van der Waals surface area contributed by atoms with Gasteiger partial charge >= 0.3 is 5.97 Å². The van der Waals surface area contributed by atoms with Gasteiger partial charge in [0.15, 0.2) is 0 Å². The lowest BCUT2D eigenvalue weighted by atomic mass is 10.2. The van der Waals surface area contributed by atoms with Crippen molar-refractivity contribution in [2.24, 2.45) is 0 Å². The lowest BCUT2D eigenvalue weighted by molar-refractivity contribution is -0.137. The Bertz CT molecular complexity index is 377. The second-order valence-corrected chi connectivity index (χ2v) is 3.31. The van der Waals surface area contributed by atoms with Gasteiger partial charge in [0.05, 0.1) is 5.56 Å². The van der Waals surface area contributed by atoms with E-state index in [0.717, 1.165) is 4.90 Å². The maximum absolute atomic E-state index is 11.6. The minimum atomic E-state index is -1.06. The summed E-state index contributed by atoms with van der Waals surface area (Å²) in [6.45, 7) is -0.346. The molecule has 0 aliphatic rings. The smallest absolute Gasteiger partial charge is 0.323 e. The standard InChI is InChI=1S/C9H9ClN2O3/c1-12(5-8(13)14)9(15)6-2-3-7(10)11-4-6/h2-4H,5H2,1H3,(H,13,14). The molecule has 0 unspecified atom stereocenters. The van der Waals surface area contributed by atoms with Crippen molar-refractivity contribution in [3.8, 4) is 0 Å². The summed E-state index contributed by atoms with van der Waals surface area (Å²) in [6.07, 6.45) is 1.31. The molecule has 0 saturated carbocycles. The average molecular weight is 229 g/mol. The third kappa shape index (κ3) is 3.21. The van der Waals surface area contributed by atoms with Crippen LogP contribution in [0.3, 0.4) is 0 Å². The van der Waals surface area contributed by atoms with Gasteiger partial charge in [-0.25, -0.2) is 4.98 Å². The number of aromatic nitrogens is 1. The fourth-order valence-corrected chi connectivity index (χ4v) is 1.11.